The summed E-state index contributed by atoms with van der Waals surface area (Å²) in [5, 5.41) is 2.77. The number of carbonyl (C=O) groups is 1. The highest BCUT2D eigenvalue weighted by Crippen LogP contribution is 2.15. The minimum atomic E-state index is -3.44. The van der Waals surface area contributed by atoms with Gasteiger partial charge >= 0.3 is 6.03 Å². The van der Waals surface area contributed by atoms with Crippen molar-refractivity contribution >= 4 is 21.7 Å². The van der Waals surface area contributed by atoms with Crippen molar-refractivity contribution in [3.05, 3.63) is 24.3 Å². The molecule has 1 aliphatic heterocycles. The lowest BCUT2D eigenvalue weighted by Gasteiger charge is -2.16. The van der Waals surface area contributed by atoms with E-state index in [0.717, 1.165) is 25.9 Å². The summed E-state index contributed by atoms with van der Waals surface area (Å²) in [7, 11) is -3.44. The Morgan fingerprint density at radius 3 is 2.35 bits per heavy atom. The number of rotatable bonds is 4. The van der Waals surface area contributed by atoms with Crippen molar-refractivity contribution in [2.24, 2.45) is 0 Å². The van der Waals surface area contributed by atoms with Crippen LogP contribution in [0.25, 0.3) is 0 Å². The van der Waals surface area contributed by atoms with E-state index >= 15 is 0 Å². The zero-order valence-electron chi connectivity index (χ0n) is 11.4. The molecule has 2 N–H and O–H groups in total. The van der Waals surface area contributed by atoms with E-state index in [9.17, 15) is 13.2 Å². The van der Waals surface area contributed by atoms with Crippen molar-refractivity contribution in [3.63, 3.8) is 0 Å². The van der Waals surface area contributed by atoms with Crippen molar-refractivity contribution < 1.29 is 13.2 Å². The largest absolute Gasteiger partial charge is 0.325 e. The van der Waals surface area contributed by atoms with Crippen LogP contribution in [0.3, 0.4) is 0 Å². The van der Waals surface area contributed by atoms with Gasteiger partial charge < -0.3 is 10.2 Å². The Bertz CT molecular complexity index is 563. The second-order valence-electron chi connectivity index (χ2n) is 4.65. The normalized spacial score (nSPS) is 15.3. The average Bonchev–Trinajstić information content (AvgIpc) is 2.93. The van der Waals surface area contributed by atoms with Crippen LogP contribution in [0, 0.1) is 0 Å². The van der Waals surface area contributed by atoms with Gasteiger partial charge in [-0.25, -0.2) is 17.9 Å². The third kappa shape index (κ3) is 3.49. The highest BCUT2D eigenvalue weighted by molar-refractivity contribution is 7.89. The molecule has 0 aliphatic carbocycles. The second-order valence-corrected chi connectivity index (χ2v) is 6.42. The van der Waals surface area contributed by atoms with Crippen LogP contribution in [-0.4, -0.2) is 39.0 Å². The van der Waals surface area contributed by atoms with Crippen LogP contribution in [-0.2, 0) is 10.0 Å². The molecule has 0 saturated carbocycles. The molecule has 1 heterocycles. The zero-order chi connectivity index (χ0) is 14.6. The minimum absolute atomic E-state index is 0.134. The predicted molar refractivity (Wildman–Crippen MR) is 77.1 cm³/mol. The third-order valence-electron chi connectivity index (χ3n) is 3.14. The van der Waals surface area contributed by atoms with E-state index in [1.165, 1.54) is 12.1 Å². The molecule has 1 aliphatic rings. The van der Waals surface area contributed by atoms with Crippen LogP contribution >= 0.6 is 0 Å². The SMILES string of the molecule is CCNS(=O)(=O)c1ccc(NC(=O)N2CCCC2)cc1. The molecule has 0 atom stereocenters. The van der Waals surface area contributed by atoms with Gasteiger partial charge in [0.05, 0.1) is 4.90 Å². The molecule has 20 heavy (non-hydrogen) atoms. The fraction of sp³-hybridized carbons (Fsp3) is 0.462. The molecule has 110 valence electrons. The van der Waals surface area contributed by atoms with E-state index in [-0.39, 0.29) is 10.9 Å². The van der Waals surface area contributed by atoms with Gasteiger partial charge in [-0.3, -0.25) is 0 Å². The Kier molecular flexibility index (Phi) is 4.61. The molecule has 1 aromatic carbocycles. The Morgan fingerprint density at radius 1 is 1.20 bits per heavy atom. The molecule has 1 aromatic rings. The van der Waals surface area contributed by atoms with Crippen molar-refractivity contribution in [1.29, 1.82) is 0 Å². The molecule has 0 bridgehead atoms. The summed E-state index contributed by atoms with van der Waals surface area (Å²) in [6.45, 7) is 3.62. The smallest absolute Gasteiger partial charge is 0.321 e. The lowest BCUT2D eigenvalue weighted by molar-refractivity contribution is 0.222. The molecule has 1 saturated heterocycles. The Labute approximate surface area is 119 Å². The van der Waals surface area contributed by atoms with E-state index in [0.29, 0.717) is 12.2 Å². The summed E-state index contributed by atoms with van der Waals surface area (Å²) >= 11 is 0. The van der Waals surface area contributed by atoms with Crippen LogP contribution in [0.5, 0.6) is 0 Å². The van der Waals surface area contributed by atoms with E-state index in [2.05, 4.69) is 10.0 Å². The van der Waals surface area contributed by atoms with Crippen LogP contribution < -0.4 is 10.0 Å². The summed E-state index contributed by atoms with van der Waals surface area (Å²) in [5.41, 5.74) is 0.595. The number of anilines is 1. The number of nitrogens with one attached hydrogen (secondary N) is 2. The maximum absolute atomic E-state index is 11.9. The number of likely N-dealkylation sites (tertiary alicyclic amines) is 1. The first kappa shape index (κ1) is 14.8. The van der Waals surface area contributed by atoms with E-state index in [1.54, 1.807) is 24.0 Å². The molecule has 7 heteroatoms. The van der Waals surface area contributed by atoms with Gasteiger partial charge in [0, 0.05) is 25.3 Å². The molecule has 0 unspecified atom stereocenters. The monoisotopic (exact) mass is 297 g/mol. The van der Waals surface area contributed by atoms with E-state index < -0.39 is 10.0 Å². The third-order valence-corrected chi connectivity index (χ3v) is 4.71. The molecule has 1 fully saturated rings. The molecule has 2 rings (SSSR count). The summed E-state index contributed by atoms with van der Waals surface area (Å²) in [4.78, 5) is 13.8. The molecular weight excluding hydrogens is 278 g/mol. The van der Waals surface area contributed by atoms with E-state index in [1.807, 2.05) is 0 Å². The van der Waals surface area contributed by atoms with Gasteiger partial charge in [-0.1, -0.05) is 6.92 Å². The molecule has 0 radical (unpaired) electrons. The second kappa shape index (κ2) is 6.23. The lowest BCUT2D eigenvalue weighted by atomic mass is 10.3. The van der Waals surface area contributed by atoms with Gasteiger partial charge in [0.1, 0.15) is 0 Å². The number of hydrogen-bond acceptors (Lipinski definition) is 3. The highest BCUT2D eigenvalue weighted by atomic mass is 32.2. The average molecular weight is 297 g/mol. The van der Waals surface area contributed by atoms with Crippen molar-refractivity contribution in [1.82, 2.24) is 9.62 Å². The minimum Gasteiger partial charge on any atom is -0.325 e. The molecular formula is C13H19N3O3S. The number of amides is 2. The Morgan fingerprint density at radius 2 is 1.80 bits per heavy atom. The van der Waals surface area contributed by atoms with Gasteiger partial charge in [-0.2, -0.15) is 0 Å². The maximum atomic E-state index is 11.9. The van der Waals surface area contributed by atoms with Gasteiger partial charge in [0.15, 0.2) is 0 Å². The van der Waals surface area contributed by atoms with Crippen LogP contribution in [0.1, 0.15) is 19.8 Å². The van der Waals surface area contributed by atoms with Crippen LogP contribution in [0.15, 0.2) is 29.2 Å². The van der Waals surface area contributed by atoms with Crippen molar-refractivity contribution in [3.8, 4) is 0 Å². The topological polar surface area (TPSA) is 78.5 Å². The van der Waals surface area contributed by atoms with E-state index in [4.69, 9.17) is 0 Å². The molecule has 0 spiro atoms. The first-order chi connectivity index (χ1) is 9.53. The number of urea groups is 1. The molecule has 2 amide bonds. The zero-order valence-corrected chi connectivity index (χ0v) is 12.2. The quantitative estimate of drug-likeness (QED) is 0.886. The summed E-state index contributed by atoms with van der Waals surface area (Å²) in [6, 6.07) is 6.02. The molecule has 6 nitrogen and oxygen atoms in total. The highest BCUT2D eigenvalue weighted by Gasteiger charge is 2.18. The number of hydrogen-bond donors (Lipinski definition) is 2. The first-order valence-corrected chi connectivity index (χ1v) is 8.17. The Balaban J connectivity index is 2.03. The van der Waals surface area contributed by atoms with Gasteiger partial charge in [0.2, 0.25) is 10.0 Å². The molecule has 0 aromatic heterocycles. The number of nitrogens with zero attached hydrogens (tertiary/aromatic N) is 1. The van der Waals surface area contributed by atoms with Gasteiger partial charge in [0.25, 0.3) is 0 Å². The Hall–Kier alpha value is -1.60. The fourth-order valence-electron chi connectivity index (χ4n) is 2.11. The van der Waals surface area contributed by atoms with Crippen LogP contribution in [0.2, 0.25) is 0 Å². The maximum Gasteiger partial charge on any atom is 0.321 e. The summed E-state index contributed by atoms with van der Waals surface area (Å²) < 4.78 is 26.0. The number of carbonyl (C=O) groups excluding carboxylic acids is 1. The predicted octanol–water partition coefficient (Wildman–Crippen LogP) is 1.61. The standard InChI is InChI=1S/C13H19N3O3S/c1-2-14-20(18,19)12-7-5-11(6-8-12)15-13(17)16-9-3-4-10-16/h5-8,14H,2-4,9-10H2,1H3,(H,15,17). The number of benzene rings is 1. The lowest BCUT2D eigenvalue weighted by Crippen LogP contribution is -2.32. The van der Waals surface area contributed by atoms with Crippen molar-refractivity contribution in [2.75, 3.05) is 25.0 Å². The number of sulfonamides is 1. The van der Waals surface area contributed by atoms with Crippen molar-refractivity contribution in [2.45, 2.75) is 24.7 Å². The van der Waals surface area contributed by atoms with Gasteiger partial charge in [-0.15, -0.1) is 0 Å². The van der Waals surface area contributed by atoms with Crippen LogP contribution in [0.4, 0.5) is 10.5 Å². The summed E-state index contributed by atoms with van der Waals surface area (Å²) in [6.07, 6.45) is 2.07. The fourth-order valence-corrected chi connectivity index (χ4v) is 3.15. The first-order valence-electron chi connectivity index (χ1n) is 6.68. The summed E-state index contributed by atoms with van der Waals surface area (Å²) in [5.74, 6) is 0. The van der Waals surface area contributed by atoms with Gasteiger partial charge in [-0.05, 0) is 37.1 Å².